The average Bonchev–Trinajstić information content (AvgIpc) is 3.00. The van der Waals surface area contributed by atoms with E-state index >= 15 is 0 Å². The maximum absolute atomic E-state index is 12.7. The van der Waals surface area contributed by atoms with Gasteiger partial charge in [0.15, 0.2) is 0 Å². The van der Waals surface area contributed by atoms with Crippen molar-refractivity contribution in [3.8, 4) is 0 Å². The fourth-order valence-electron chi connectivity index (χ4n) is 3.72. The fourth-order valence-corrected chi connectivity index (χ4v) is 3.72. The standard InChI is InChI=1S/C15H25N5O/c16-14-5-1-4-13(7-14)15(21)19-6-2-3-12(8-19)9-20-11-17-10-18-20/h10-14H,1-9,16H2/t12-,13-,14-/m1/s1. The third kappa shape index (κ3) is 3.61. The molecule has 1 amide bonds. The van der Waals surface area contributed by atoms with Gasteiger partial charge in [-0.1, -0.05) is 6.42 Å². The van der Waals surface area contributed by atoms with Crippen molar-refractivity contribution in [3.05, 3.63) is 12.7 Å². The molecule has 2 heterocycles. The monoisotopic (exact) mass is 291 g/mol. The van der Waals surface area contributed by atoms with Gasteiger partial charge < -0.3 is 10.6 Å². The van der Waals surface area contributed by atoms with Crippen LogP contribution in [-0.2, 0) is 11.3 Å². The molecule has 6 nitrogen and oxygen atoms in total. The second-order valence-corrected chi connectivity index (χ2v) is 6.53. The molecular weight excluding hydrogens is 266 g/mol. The first-order valence-corrected chi connectivity index (χ1v) is 8.09. The number of hydrogen-bond donors (Lipinski definition) is 1. The molecule has 1 aliphatic carbocycles. The van der Waals surface area contributed by atoms with Crippen LogP contribution >= 0.6 is 0 Å². The lowest BCUT2D eigenvalue weighted by Crippen LogP contribution is -2.46. The fraction of sp³-hybridized carbons (Fsp3) is 0.800. The van der Waals surface area contributed by atoms with Crippen LogP contribution < -0.4 is 5.73 Å². The number of carbonyl (C=O) groups is 1. The largest absolute Gasteiger partial charge is 0.342 e. The zero-order chi connectivity index (χ0) is 14.7. The van der Waals surface area contributed by atoms with Crippen LogP contribution in [0.2, 0.25) is 0 Å². The van der Waals surface area contributed by atoms with E-state index in [9.17, 15) is 4.79 Å². The second kappa shape index (κ2) is 6.56. The SMILES string of the molecule is N[C@@H]1CCC[C@@H](C(=O)N2CCC[C@@H](Cn3cncn3)C2)C1. The Labute approximate surface area is 125 Å². The minimum Gasteiger partial charge on any atom is -0.342 e. The van der Waals surface area contributed by atoms with Gasteiger partial charge >= 0.3 is 0 Å². The molecule has 0 bridgehead atoms. The molecule has 1 aromatic heterocycles. The molecule has 1 aromatic rings. The highest BCUT2D eigenvalue weighted by Gasteiger charge is 2.31. The average molecular weight is 291 g/mol. The molecule has 1 aliphatic heterocycles. The van der Waals surface area contributed by atoms with Crippen molar-refractivity contribution in [2.75, 3.05) is 13.1 Å². The highest BCUT2D eigenvalue weighted by atomic mass is 16.2. The van der Waals surface area contributed by atoms with Gasteiger partial charge in [0, 0.05) is 31.6 Å². The van der Waals surface area contributed by atoms with Crippen molar-refractivity contribution in [2.24, 2.45) is 17.6 Å². The summed E-state index contributed by atoms with van der Waals surface area (Å²) < 4.78 is 1.87. The summed E-state index contributed by atoms with van der Waals surface area (Å²) in [4.78, 5) is 18.7. The number of piperidine rings is 1. The molecule has 3 atom stereocenters. The Morgan fingerprint density at radius 3 is 2.95 bits per heavy atom. The van der Waals surface area contributed by atoms with Gasteiger partial charge in [0.05, 0.1) is 0 Å². The summed E-state index contributed by atoms with van der Waals surface area (Å²) in [5, 5.41) is 4.17. The Hall–Kier alpha value is -1.43. The van der Waals surface area contributed by atoms with Gasteiger partial charge in [-0.05, 0) is 38.0 Å². The minimum atomic E-state index is 0.152. The zero-order valence-electron chi connectivity index (χ0n) is 12.5. The lowest BCUT2D eigenvalue weighted by Gasteiger charge is -2.36. The first-order valence-electron chi connectivity index (χ1n) is 8.09. The highest BCUT2D eigenvalue weighted by Crippen LogP contribution is 2.27. The van der Waals surface area contributed by atoms with Crippen LogP contribution in [0.25, 0.3) is 0 Å². The normalized spacial score (nSPS) is 30.3. The summed E-state index contributed by atoms with van der Waals surface area (Å²) in [6.07, 6.45) is 9.60. The van der Waals surface area contributed by atoms with Gasteiger partial charge in [-0.25, -0.2) is 4.98 Å². The number of hydrogen-bond acceptors (Lipinski definition) is 4. The quantitative estimate of drug-likeness (QED) is 0.902. The van der Waals surface area contributed by atoms with Crippen LogP contribution in [0.5, 0.6) is 0 Å². The van der Waals surface area contributed by atoms with Crippen molar-refractivity contribution in [1.29, 1.82) is 0 Å². The predicted molar refractivity (Wildman–Crippen MR) is 79.3 cm³/mol. The molecule has 3 rings (SSSR count). The van der Waals surface area contributed by atoms with E-state index in [4.69, 9.17) is 5.73 Å². The van der Waals surface area contributed by atoms with Crippen molar-refractivity contribution >= 4 is 5.91 Å². The van der Waals surface area contributed by atoms with Crippen molar-refractivity contribution < 1.29 is 4.79 Å². The van der Waals surface area contributed by atoms with E-state index in [1.54, 1.807) is 12.7 Å². The molecular formula is C15H25N5O. The molecule has 2 fully saturated rings. The lowest BCUT2D eigenvalue weighted by atomic mass is 9.84. The van der Waals surface area contributed by atoms with E-state index < -0.39 is 0 Å². The third-order valence-electron chi connectivity index (χ3n) is 4.81. The van der Waals surface area contributed by atoms with Crippen molar-refractivity contribution in [2.45, 2.75) is 51.1 Å². The molecule has 6 heteroatoms. The Balaban J connectivity index is 1.56. The first-order chi connectivity index (χ1) is 10.2. The smallest absolute Gasteiger partial charge is 0.225 e. The van der Waals surface area contributed by atoms with E-state index in [1.807, 2.05) is 4.68 Å². The van der Waals surface area contributed by atoms with Crippen LogP contribution in [-0.4, -0.2) is 44.7 Å². The van der Waals surface area contributed by atoms with E-state index in [0.717, 1.165) is 58.2 Å². The maximum atomic E-state index is 12.7. The van der Waals surface area contributed by atoms with Gasteiger partial charge in [-0.15, -0.1) is 0 Å². The molecule has 0 radical (unpaired) electrons. The molecule has 2 N–H and O–H groups in total. The molecule has 0 spiro atoms. The minimum absolute atomic E-state index is 0.152. The van der Waals surface area contributed by atoms with E-state index in [0.29, 0.717) is 11.8 Å². The number of nitrogens with zero attached hydrogens (tertiary/aromatic N) is 4. The van der Waals surface area contributed by atoms with Gasteiger partial charge in [0.2, 0.25) is 5.91 Å². The van der Waals surface area contributed by atoms with E-state index in [-0.39, 0.29) is 12.0 Å². The van der Waals surface area contributed by atoms with E-state index in [1.165, 1.54) is 0 Å². The second-order valence-electron chi connectivity index (χ2n) is 6.53. The predicted octanol–water partition coefficient (Wildman–Crippen LogP) is 1.03. The van der Waals surface area contributed by atoms with Crippen molar-refractivity contribution in [3.63, 3.8) is 0 Å². The van der Waals surface area contributed by atoms with Crippen LogP contribution in [0.1, 0.15) is 38.5 Å². The summed E-state index contributed by atoms with van der Waals surface area (Å²) in [5.74, 6) is 0.967. The molecule has 21 heavy (non-hydrogen) atoms. The molecule has 0 unspecified atom stereocenters. The molecule has 1 saturated heterocycles. The van der Waals surface area contributed by atoms with Gasteiger partial charge in [-0.2, -0.15) is 5.10 Å². The highest BCUT2D eigenvalue weighted by molar-refractivity contribution is 5.79. The van der Waals surface area contributed by atoms with Crippen LogP contribution in [0.4, 0.5) is 0 Å². The van der Waals surface area contributed by atoms with Crippen LogP contribution in [0.3, 0.4) is 0 Å². The number of nitrogens with two attached hydrogens (primary N) is 1. The van der Waals surface area contributed by atoms with Crippen LogP contribution in [0.15, 0.2) is 12.7 Å². The van der Waals surface area contributed by atoms with Crippen molar-refractivity contribution in [1.82, 2.24) is 19.7 Å². The number of likely N-dealkylation sites (tertiary alicyclic amines) is 1. The zero-order valence-corrected chi connectivity index (χ0v) is 12.5. The van der Waals surface area contributed by atoms with E-state index in [2.05, 4.69) is 15.0 Å². The lowest BCUT2D eigenvalue weighted by molar-refractivity contribution is -0.138. The maximum Gasteiger partial charge on any atom is 0.225 e. The summed E-state index contributed by atoms with van der Waals surface area (Å²) in [5.41, 5.74) is 6.02. The first kappa shape index (κ1) is 14.5. The van der Waals surface area contributed by atoms with Gasteiger partial charge in [-0.3, -0.25) is 9.48 Å². The summed E-state index contributed by atoms with van der Waals surface area (Å²) in [7, 11) is 0. The third-order valence-corrected chi connectivity index (χ3v) is 4.81. The Kier molecular flexibility index (Phi) is 4.53. The Morgan fingerprint density at radius 2 is 2.19 bits per heavy atom. The number of aromatic nitrogens is 3. The molecule has 1 saturated carbocycles. The molecule has 0 aromatic carbocycles. The van der Waals surface area contributed by atoms with Crippen LogP contribution in [0, 0.1) is 11.8 Å². The summed E-state index contributed by atoms with van der Waals surface area (Å²) in [6.45, 7) is 2.61. The summed E-state index contributed by atoms with van der Waals surface area (Å²) in [6, 6.07) is 0.212. The van der Waals surface area contributed by atoms with Gasteiger partial charge in [0.1, 0.15) is 12.7 Å². The summed E-state index contributed by atoms with van der Waals surface area (Å²) >= 11 is 0. The topological polar surface area (TPSA) is 77.0 Å². The molecule has 116 valence electrons. The number of amides is 1. The number of rotatable bonds is 3. The Bertz CT molecular complexity index is 461. The molecule has 2 aliphatic rings. The Morgan fingerprint density at radius 1 is 1.29 bits per heavy atom. The number of carbonyl (C=O) groups excluding carboxylic acids is 1. The van der Waals surface area contributed by atoms with Gasteiger partial charge in [0.25, 0.3) is 0 Å².